The summed E-state index contributed by atoms with van der Waals surface area (Å²) < 4.78 is 22.5. The number of ether oxygens (including phenoxy) is 2. The van der Waals surface area contributed by atoms with Gasteiger partial charge in [0.05, 0.1) is 27.5 Å². The van der Waals surface area contributed by atoms with Gasteiger partial charge in [-0.15, -0.1) is 10.2 Å². The Hall–Kier alpha value is -6.67. The normalized spacial score (nSPS) is 11.9. The van der Waals surface area contributed by atoms with Crippen molar-refractivity contribution in [1.29, 1.82) is 0 Å². The lowest BCUT2D eigenvalue weighted by molar-refractivity contribution is -0.154. The van der Waals surface area contributed by atoms with E-state index in [-0.39, 0.29) is 19.2 Å². The molecule has 0 aliphatic heterocycles. The molecule has 0 saturated heterocycles. The van der Waals surface area contributed by atoms with Crippen LogP contribution in [0.5, 0.6) is 5.75 Å². The molecule has 0 amide bonds. The summed E-state index contributed by atoms with van der Waals surface area (Å²) >= 11 is 0. The van der Waals surface area contributed by atoms with Crippen molar-refractivity contribution in [2.45, 2.75) is 27.2 Å². The van der Waals surface area contributed by atoms with Crippen molar-refractivity contribution < 1.29 is 18.7 Å². The monoisotopic (exact) mass is 710 g/mol. The fourth-order valence-corrected chi connectivity index (χ4v) is 7.19. The highest BCUT2D eigenvalue weighted by Gasteiger charge is 2.27. The molecule has 0 bridgehead atoms. The van der Waals surface area contributed by atoms with Crippen molar-refractivity contribution in [2.75, 3.05) is 13.2 Å². The second kappa shape index (κ2) is 13.4. The Morgan fingerprint density at radius 1 is 0.593 bits per heavy atom. The van der Waals surface area contributed by atoms with Crippen molar-refractivity contribution >= 4 is 49.6 Å². The number of carbonyl (C=O) groups is 1. The summed E-state index contributed by atoms with van der Waals surface area (Å²) in [4.78, 5) is 12.4. The summed E-state index contributed by atoms with van der Waals surface area (Å²) in [5.74, 6) is 1.14. The minimum atomic E-state index is -0.525. The van der Waals surface area contributed by atoms with Gasteiger partial charge in [-0.25, -0.2) is 0 Å². The third-order valence-electron chi connectivity index (χ3n) is 10.4. The number of benzene rings is 6. The van der Waals surface area contributed by atoms with Gasteiger partial charge < -0.3 is 23.0 Å². The number of para-hydroxylation sites is 4. The van der Waals surface area contributed by atoms with E-state index in [0.29, 0.717) is 24.0 Å². The molecule has 266 valence electrons. The second-order valence-electron chi connectivity index (χ2n) is 14.1. The van der Waals surface area contributed by atoms with Gasteiger partial charge in [-0.05, 0) is 80.9 Å². The number of esters is 1. The molecule has 0 atom stereocenters. The largest absolute Gasteiger partial charge is 0.490 e. The molecule has 0 saturated carbocycles. The molecule has 0 N–H and O–H groups in total. The molecule has 3 heterocycles. The van der Waals surface area contributed by atoms with E-state index in [4.69, 9.17) is 13.9 Å². The van der Waals surface area contributed by atoms with E-state index < -0.39 is 5.41 Å². The number of fused-ring (bicyclic) bond motifs is 6. The van der Waals surface area contributed by atoms with Gasteiger partial charge in [0, 0.05) is 44.0 Å². The molecule has 0 radical (unpaired) electrons. The van der Waals surface area contributed by atoms with Crippen molar-refractivity contribution in [1.82, 2.24) is 19.3 Å². The Morgan fingerprint density at radius 2 is 1.07 bits per heavy atom. The molecule has 0 aliphatic rings. The van der Waals surface area contributed by atoms with Gasteiger partial charge >= 0.3 is 5.97 Å². The van der Waals surface area contributed by atoms with Crippen LogP contribution in [0.1, 0.15) is 27.2 Å². The smallest absolute Gasteiger partial charge is 0.311 e. The lowest BCUT2D eigenvalue weighted by atomic mass is 9.91. The number of carbonyl (C=O) groups excluding carboxylic acids is 1. The van der Waals surface area contributed by atoms with E-state index in [9.17, 15) is 4.79 Å². The first-order valence-electron chi connectivity index (χ1n) is 18.3. The molecule has 0 unspecified atom stereocenters. The molecule has 0 aliphatic carbocycles. The van der Waals surface area contributed by atoms with Gasteiger partial charge in [-0.1, -0.05) is 85.8 Å². The van der Waals surface area contributed by atoms with Crippen LogP contribution in [0, 0.1) is 5.41 Å². The lowest BCUT2D eigenvalue weighted by Crippen LogP contribution is -2.27. The molecular formula is C46H38N4O4. The lowest BCUT2D eigenvalue weighted by Gasteiger charge is -2.20. The Kier molecular flexibility index (Phi) is 8.23. The van der Waals surface area contributed by atoms with Crippen LogP contribution in [-0.4, -0.2) is 38.5 Å². The summed E-state index contributed by atoms with van der Waals surface area (Å²) in [6, 6.07) is 48.0. The second-order valence-corrected chi connectivity index (χ2v) is 14.1. The van der Waals surface area contributed by atoms with Crippen molar-refractivity contribution in [2.24, 2.45) is 5.41 Å². The molecular weight excluding hydrogens is 673 g/mol. The number of nitrogens with zero attached hydrogens (tertiary/aromatic N) is 4. The average molecular weight is 711 g/mol. The molecule has 54 heavy (non-hydrogen) atoms. The quantitative estimate of drug-likeness (QED) is 0.104. The van der Waals surface area contributed by atoms with Crippen LogP contribution in [0.4, 0.5) is 0 Å². The van der Waals surface area contributed by atoms with Crippen LogP contribution in [0.3, 0.4) is 0 Å². The summed E-state index contributed by atoms with van der Waals surface area (Å²) in [7, 11) is 0. The van der Waals surface area contributed by atoms with Crippen molar-refractivity contribution in [3.05, 3.63) is 140 Å². The minimum absolute atomic E-state index is 0.161. The Morgan fingerprint density at radius 3 is 1.57 bits per heavy atom. The van der Waals surface area contributed by atoms with Crippen LogP contribution in [0.2, 0.25) is 0 Å². The van der Waals surface area contributed by atoms with Crippen LogP contribution >= 0.6 is 0 Å². The molecule has 8 nitrogen and oxygen atoms in total. The van der Waals surface area contributed by atoms with Crippen LogP contribution in [0.25, 0.3) is 77.9 Å². The van der Waals surface area contributed by atoms with Gasteiger partial charge in [0.1, 0.15) is 19.0 Å². The Balaban J connectivity index is 1.13. The summed E-state index contributed by atoms with van der Waals surface area (Å²) in [6.45, 7) is 6.12. The van der Waals surface area contributed by atoms with Gasteiger partial charge in [-0.3, -0.25) is 4.79 Å². The van der Waals surface area contributed by atoms with Crippen molar-refractivity contribution in [3.63, 3.8) is 0 Å². The van der Waals surface area contributed by atoms with E-state index in [1.807, 2.05) is 45.0 Å². The van der Waals surface area contributed by atoms with E-state index in [1.54, 1.807) is 0 Å². The third-order valence-corrected chi connectivity index (χ3v) is 10.4. The van der Waals surface area contributed by atoms with Crippen LogP contribution in [0.15, 0.2) is 144 Å². The highest BCUT2D eigenvalue weighted by Crippen LogP contribution is 2.38. The highest BCUT2D eigenvalue weighted by atomic mass is 16.6. The molecule has 8 heteroatoms. The van der Waals surface area contributed by atoms with Crippen LogP contribution in [-0.2, 0) is 9.53 Å². The minimum Gasteiger partial charge on any atom is -0.490 e. The van der Waals surface area contributed by atoms with Crippen molar-refractivity contribution in [3.8, 4) is 40.0 Å². The van der Waals surface area contributed by atoms with Crippen LogP contribution < -0.4 is 4.74 Å². The predicted octanol–water partition coefficient (Wildman–Crippen LogP) is 11.0. The number of hydrogen-bond donors (Lipinski definition) is 0. The highest BCUT2D eigenvalue weighted by molar-refractivity contribution is 6.10. The average Bonchev–Trinajstić information content (AvgIpc) is 3.93. The molecule has 9 aromatic rings. The molecule has 0 fully saturated rings. The fraction of sp³-hybridized carbons (Fsp3) is 0.152. The summed E-state index contributed by atoms with van der Waals surface area (Å²) in [6.07, 6.45) is 0.701. The number of hydrogen-bond acceptors (Lipinski definition) is 6. The first kappa shape index (κ1) is 33.2. The first-order chi connectivity index (χ1) is 26.4. The fourth-order valence-electron chi connectivity index (χ4n) is 7.19. The van der Waals surface area contributed by atoms with E-state index in [1.165, 1.54) is 21.5 Å². The number of rotatable bonds is 10. The standard InChI is InChI=1S/C46H38N4O4/c1-4-46(2,3)45(51)53-25-24-52-34-15-13-14-30(28-34)43-47-48-44(54-43)31-26-32(49-39-20-9-5-16-35(39)36-17-6-10-21-40(36)49)29-33(27-31)50-41-22-11-7-18-37(41)38-19-8-12-23-42(38)50/h5-23,26-29H,4,24-25H2,1-3H3. The molecule has 0 spiro atoms. The third kappa shape index (κ3) is 5.76. The van der Waals surface area contributed by atoms with Gasteiger partial charge in [-0.2, -0.15) is 0 Å². The van der Waals surface area contributed by atoms with Gasteiger partial charge in [0.15, 0.2) is 0 Å². The maximum atomic E-state index is 12.4. The SMILES string of the molecule is CCC(C)(C)C(=O)OCCOc1cccc(-c2nnc(-c3cc(-n4c5ccccc5c5ccccc54)cc(-n4c5ccccc5c5ccccc54)c3)o2)c1. The van der Waals surface area contributed by atoms with E-state index in [0.717, 1.165) is 44.6 Å². The zero-order valence-corrected chi connectivity index (χ0v) is 30.3. The number of aromatic nitrogens is 4. The molecule has 9 rings (SSSR count). The zero-order chi connectivity index (χ0) is 36.8. The maximum absolute atomic E-state index is 12.4. The topological polar surface area (TPSA) is 84.3 Å². The van der Waals surface area contributed by atoms with Gasteiger partial charge in [0.2, 0.25) is 11.8 Å². The Labute approximate surface area is 312 Å². The molecule has 6 aromatic carbocycles. The Bertz CT molecular complexity index is 2600. The maximum Gasteiger partial charge on any atom is 0.311 e. The van der Waals surface area contributed by atoms with E-state index in [2.05, 4.69) is 135 Å². The zero-order valence-electron chi connectivity index (χ0n) is 30.3. The van der Waals surface area contributed by atoms with Gasteiger partial charge in [0.25, 0.3) is 0 Å². The first-order valence-corrected chi connectivity index (χ1v) is 18.3. The molecule has 3 aromatic heterocycles. The van der Waals surface area contributed by atoms with E-state index >= 15 is 0 Å². The predicted molar refractivity (Wildman–Crippen MR) is 214 cm³/mol. The summed E-state index contributed by atoms with van der Waals surface area (Å²) in [5, 5.41) is 13.8. The summed E-state index contributed by atoms with van der Waals surface area (Å²) in [5.41, 5.74) is 7.35.